The zero-order valence-electron chi connectivity index (χ0n) is 15.4. The van der Waals surface area contributed by atoms with Crippen LogP contribution in [0.3, 0.4) is 0 Å². The quantitative estimate of drug-likeness (QED) is 0.880. The monoisotopic (exact) mass is 357 g/mol. The highest BCUT2D eigenvalue weighted by molar-refractivity contribution is 5.90. The Morgan fingerprint density at radius 1 is 0.962 bits per heavy atom. The fourth-order valence-electron chi connectivity index (χ4n) is 4.37. The van der Waals surface area contributed by atoms with Crippen molar-refractivity contribution in [1.82, 2.24) is 4.90 Å². The largest absolute Gasteiger partial charge is 0.504 e. The van der Waals surface area contributed by atoms with E-state index in [-0.39, 0.29) is 17.5 Å². The van der Waals surface area contributed by atoms with Crippen molar-refractivity contribution in [1.29, 1.82) is 0 Å². The van der Waals surface area contributed by atoms with E-state index in [0.717, 1.165) is 35.2 Å². The van der Waals surface area contributed by atoms with E-state index in [1.165, 1.54) is 14.2 Å². The van der Waals surface area contributed by atoms with Gasteiger partial charge in [0.1, 0.15) is 0 Å². The number of hydrogen-bond donors (Lipinski definition) is 2. The maximum atomic E-state index is 10.9. The molecule has 6 nitrogen and oxygen atoms in total. The molecule has 26 heavy (non-hydrogen) atoms. The van der Waals surface area contributed by atoms with Crippen LogP contribution in [-0.4, -0.2) is 50.0 Å². The molecular formula is C20H23NO5. The van der Waals surface area contributed by atoms with Crippen molar-refractivity contribution in [2.45, 2.75) is 18.9 Å². The van der Waals surface area contributed by atoms with Crippen molar-refractivity contribution in [2.75, 3.05) is 34.9 Å². The first-order chi connectivity index (χ1) is 12.5. The molecule has 0 bridgehead atoms. The summed E-state index contributed by atoms with van der Waals surface area (Å²) in [7, 11) is 6.68. The molecule has 1 unspecified atom stereocenters. The third-order valence-electron chi connectivity index (χ3n) is 5.63. The first kappa shape index (κ1) is 16.8. The smallest absolute Gasteiger partial charge is 0.204 e. The van der Waals surface area contributed by atoms with Crippen LogP contribution in [0.4, 0.5) is 0 Å². The van der Waals surface area contributed by atoms with Crippen LogP contribution in [0.25, 0.3) is 11.1 Å². The lowest BCUT2D eigenvalue weighted by atomic mass is 9.75. The summed E-state index contributed by atoms with van der Waals surface area (Å²) in [6.07, 6.45) is 1.46. The number of rotatable bonds is 3. The Kier molecular flexibility index (Phi) is 3.88. The van der Waals surface area contributed by atoms with Crippen LogP contribution in [0, 0.1) is 0 Å². The number of fused-ring (bicyclic) bond motifs is 2. The van der Waals surface area contributed by atoms with Gasteiger partial charge in [0, 0.05) is 29.3 Å². The number of benzene rings is 2. The van der Waals surface area contributed by atoms with Crippen LogP contribution >= 0.6 is 0 Å². The SMILES string of the molecule is COc1ccc2c(c1O)-c1c(OC)c(OC)c(O)c3c1C(C2)N(C)CC3. The Morgan fingerprint density at radius 2 is 1.69 bits per heavy atom. The number of aromatic hydroxyl groups is 2. The maximum Gasteiger partial charge on any atom is 0.204 e. The van der Waals surface area contributed by atoms with Gasteiger partial charge in [0.15, 0.2) is 23.0 Å². The minimum atomic E-state index is 0.0879. The van der Waals surface area contributed by atoms with Crippen molar-refractivity contribution in [3.8, 4) is 39.9 Å². The second-order valence-corrected chi connectivity index (χ2v) is 6.78. The number of phenolic OH excluding ortho intramolecular Hbond substituents is 2. The summed E-state index contributed by atoms with van der Waals surface area (Å²) in [6.45, 7) is 0.845. The van der Waals surface area contributed by atoms with Gasteiger partial charge in [-0.05, 0) is 37.1 Å². The van der Waals surface area contributed by atoms with Crippen molar-refractivity contribution in [2.24, 2.45) is 0 Å². The van der Waals surface area contributed by atoms with E-state index in [9.17, 15) is 10.2 Å². The Morgan fingerprint density at radius 3 is 2.35 bits per heavy atom. The summed E-state index contributed by atoms with van der Waals surface area (Å²) in [6, 6.07) is 3.88. The van der Waals surface area contributed by atoms with E-state index in [2.05, 4.69) is 11.9 Å². The van der Waals surface area contributed by atoms with Gasteiger partial charge < -0.3 is 24.4 Å². The van der Waals surface area contributed by atoms with Gasteiger partial charge in [-0.15, -0.1) is 0 Å². The fraction of sp³-hybridized carbons (Fsp3) is 0.400. The third kappa shape index (κ3) is 2.08. The van der Waals surface area contributed by atoms with E-state index >= 15 is 0 Å². The van der Waals surface area contributed by atoms with Crippen molar-refractivity contribution in [3.63, 3.8) is 0 Å². The Labute approximate surface area is 152 Å². The van der Waals surface area contributed by atoms with Crippen LogP contribution in [0.5, 0.6) is 28.7 Å². The Balaban J connectivity index is 2.15. The molecule has 0 aromatic heterocycles. The predicted molar refractivity (Wildman–Crippen MR) is 97.6 cm³/mol. The molecule has 1 aliphatic heterocycles. The van der Waals surface area contributed by atoms with Crippen LogP contribution in [0.15, 0.2) is 12.1 Å². The number of ether oxygens (including phenoxy) is 3. The molecule has 0 spiro atoms. The van der Waals surface area contributed by atoms with E-state index in [1.54, 1.807) is 13.2 Å². The number of phenols is 2. The number of methoxy groups -OCH3 is 3. The molecule has 1 atom stereocenters. The van der Waals surface area contributed by atoms with Crippen molar-refractivity contribution < 1.29 is 24.4 Å². The zero-order valence-corrected chi connectivity index (χ0v) is 15.4. The molecule has 1 aliphatic carbocycles. The molecule has 0 saturated heterocycles. The highest BCUT2D eigenvalue weighted by atomic mass is 16.5. The van der Waals surface area contributed by atoms with Gasteiger partial charge in [-0.2, -0.15) is 0 Å². The minimum Gasteiger partial charge on any atom is -0.504 e. The van der Waals surface area contributed by atoms with Crippen LogP contribution in [0.1, 0.15) is 22.7 Å². The van der Waals surface area contributed by atoms with Crippen molar-refractivity contribution >= 4 is 0 Å². The molecule has 138 valence electrons. The topological polar surface area (TPSA) is 71.4 Å². The first-order valence-corrected chi connectivity index (χ1v) is 8.62. The average molecular weight is 357 g/mol. The Hall–Kier alpha value is -2.60. The molecule has 2 aliphatic rings. The standard InChI is InChI=1S/C20H23NO5/c1-21-8-7-11-15-12(21)9-10-5-6-13(24-2)18(23)14(10)16(15)19(25-3)20(26-4)17(11)22/h5-6,12,22-23H,7-9H2,1-4H3. The third-order valence-corrected chi connectivity index (χ3v) is 5.63. The molecule has 2 N–H and O–H groups in total. The second kappa shape index (κ2) is 5.99. The summed E-state index contributed by atoms with van der Waals surface area (Å²) in [5, 5.41) is 21.7. The molecule has 2 aromatic rings. The molecule has 4 rings (SSSR count). The van der Waals surface area contributed by atoms with E-state index in [0.29, 0.717) is 29.2 Å². The van der Waals surface area contributed by atoms with Crippen LogP contribution < -0.4 is 14.2 Å². The number of likely N-dealkylation sites (N-methyl/N-ethyl adjacent to an activating group) is 1. The average Bonchev–Trinajstić information content (AvgIpc) is 2.65. The number of nitrogens with zero attached hydrogens (tertiary/aromatic N) is 1. The Bertz CT molecular complexity index is 893. The van der Waals surface area contributed by atoms with E-state index < -0.39 is 0 Å². The van der Waals surface area contributed by atoms with Gasteiger partial charge in [0.25, 0.3) is 0 Å². The summed E-state index contributed by atoms with van der Waals surface area (Å²) in [5.74, 6) is 1.37. The van der Waals surface area contributed by atoms with Gasteiger partial charge in [0.05, 0.1) is 21.3 Å². The predicted octanol–water partition coefficient (Wildman–Crippen LogP) is 2.88. The van der Waals surface area contributed by atoms with Gasteiger partial charge in [-0.25, -0.2) is 0 Å². The summed E-state index contributed by atoms with van der Waals surface area (Å²) >= 11 is 0. The summed E-state index contributed by atoms with van der Waals surface area (Å²) in [5.41, 5.74) is 4.37. The highest BCUT2D eigenvalue weighted by Gasteiger charge is 2.40. The molecule has 6 heteroatoms. The first-order valence-electron chi connectivity index (χ1n) is 8.62. The van der Waals surface area contributed by atoms with Gasteiger partial charge in [0.2, 0.25) is 5.75 Å². The highest BCUT2D eigenvalue weighted by Crippen LogP contribution is 2.59. The minimum absolute atomic E-state index is 0.0879. The normalized spacial score (nSPS) is 18.1. The summed E-state index contributed by atoms with van der Waals surface area (Å²) < 4.78 is 16.4. The molecule has 0 saturated carbocycles. The molecule has 0 amide bonds. The van der Waals surface area contributed by atoms with Crippen LogP contribution in [-0.2, 0) is 12.8 Å². The van der Waals surface area contributed by atoms with Gasteiger partial charge in [-0.3, -0.25) is 4.90 Å². The lowest BCUT2D eigenvalue weighted by Gasteiger charge is -2.41. The van der Waals surface area contributed by atoms with Gasteiger partial charge >= 0.3 is 0 Å². The lowest BCUT2D eigenvalue weighted by molar-refractivity contribution is 0.222. The van der Waals surface area contributed by atoms with Gasteiger partial charge in [-0.1, -0.05) is 6.07 Å². The molecule has 0 fully saturated rings. The molecule has 2 aromatic carbocycles. The molecular weight excluding hydrogens is 334 g/mol. The molecule has 1 heterocycles. The summed E-state index contributed by atoms with van der Waals surface area (Å²) in [4.78, 5) is 2.28. The lowest BCUT2D eigenvalue weighted by Crippen LogP contribution is -2.35. The molecule has 0 radical (unpaired) electrons. The second-order valence-electron chi connectivity index (χ2n) is 6.78. The zero-order chi connectivity index (χ0) is 18.6. The van der Waals surface area contributed by atoms with E-state index in [4.69, 9.17) is 14.2 Å². The fourth-order valence-corrected chi connectivity index (χ4v) is 4.37. The van der Waals surface area contributed by atoms with E-state index in [1.807, 2.05) is 6.07 Å². The number of hydrogen-bond acceptors (Lipinski definition) is 6. The van der Waals surface area contributed by atoms with Crippen molar-refractivity contribution in [3.05, 3.63) is 28.8 Å². The maximum absolute atomic E-state index is 10.9. The van der Waals surface area contributed by atoms with Crippen LogP contribution in [0.2, 0.25) is 0 Å².